The minimum Gasteiger partial charge on any atom is -0.390 e. The van der Waals surface area contributed by atoms with Gasteiger partial charge < -0.3 is 9.84 Å². The second-order valence-corrected chi connectivity index (χ2v) is 5.95. The molecule has 2 fully saturated rings. The van der Waals surface area contributed by atoms with E-state index in [0.717, 1.165) is 25.9 Å². The summed E-state index contributed by atoms with van der Waals surface area (Å²) in [6.07, 6.45) is 5.36. The van der Waals surface area contributed by atoms with Gasteiger partial charge in [-0.05, 0) is 19.3 Å². The monoisotopic (exact) mass is 296 g/mol. The standard InChI is InChI=1S/C13H20N4O4/c18-12(9-16-7-11(6-14-16)17(19)20)8-15-4-5-21-13(10-15)2-1-3-13/h6-7,12,18H,1-5,8-10H2. The van der Waals surface area contributed by atoms with Gasteiger partial charge in [0.1, 0.15) is 12.4 Å². The third-order valence-electron chi connectivity index (χ3n) is 4.29. The zero-order valence-electron chi connectivity index (χ0n) is 11.8. The number of β-amino-alcohol motifs (C(OH)–C–C–N with tert-alkyl or cyclic N) is 1. The fourth-order valence-electron chi connectivity index (χ4n) is 3.07. The van der Waals surface area contributed by atoms with Gasteiger partial charge in [-0.2, -0.15) is 5.10 Å². The summed E-state index contributed by atoms with van der Waals surface area (Å²) in [6, 6.07) is 0. The molecule has 1 aliphatic heterocycles. The third-order valence-corrected chi connectivity index (χ3v) is 4.29. The zero-order valence-corrected chi connectivity index (χ0v) is 11.8. The molecule has 1 atom stereocenters. The van der Waals surface area contributed by atoms with Gasteiger partial charge in [0.15, 0.2) is 0 Å². The number of aliphatic hydroxyl groups is 1. The minimum atomic E-state index is -0.597. The highest BCUT2D eigenvalue weighted by atomic mass is 16.6. The van der Waals surface area contributed by atoms with Crippen molar-refractivity contribution in [1.82, 2.24) is 14.7 Å². The van der Waals surface area contributed by atoms with Gasteiger partial charge in [0.2, 0.25) is 0 Å². The largest absolute Gasteiger partial charge is 0.390 e. The number of ether oxygens (including phenoxy) is 1. The molecule has 8 nitrogen and oxygen atoms in total. The van der Waals surface area contributed by atoms with E-state index in [1.165, 1.54) is 23.5 Å². The predicted octanol–water partition coefficient (Wildman–Crippen LogP) is 0.407. The summed E-state index contributed by atoms with van der Waals surface area (Å²) in [5, 5.41) is 24.6. The first-order valence-corrected chi connectivity index (χ1v) is 7.28. The molecule has 1 saturated carbocycles. The fourth-order valence-corrected chi connectivity index (χ4v) is 3.07. The summed E-state index contributed by atoms with van der Waals surface area (Å²) < 4.78 is 7.26. The smallest absolute Gasteiger partial charge is 0.306 e. The molecule has 2 aliphatic rings. The number of aliphatic hydroxyl groups excluding tert-OH is 1. The molecule has 21 heavy (non-hydrogen) atoms. The van der Waals surface area contributed by atoms with Gasteiger partial charge in [0.05, 0.1) is 29.8 Å². The molecule has 1 spiro atoms. The molecule has 1 N–H and O–H groups in total. The van der Waals surface area contributed by atoms with Crippen LogP contribution in [0.4, 0.5) is 5.69 Å². The van der Waals surface area contributed by atoms with Gasteiger partial charge in [-0.15, -0.1) is 0 Å². The first kappa shape index (κ1) is 14.4. The maximum absolute atomic E-state index is 10.6. The molecule has 0 aromatic carbocycles. The Morgan fingerprint density at radius 1 is 1.52 bits per heavy atom. The summed E-state index contributed by atoms with van der Waals surface area (Å²) >= 11 is 0. The number of nitrogens with zero attached hydrogens (tertiary/aromatic N) is 4. The quantitative estimate of drug-likeness (QED) is 0.624. The van der Waals surface area contributed by atoms with Crippen LogP contribution >= 0.6 is 0 Å². The normalized spacial score (nSPS) is 22.9. The molecule has 1 aromatic rings. The number of hydrogen-bond donors (Lipinski definition) is 1. The second-order valence-electron chi connectivity index (χ2n) is 5.95. The van der Waals surface area contributed by atoms with Crippen LogP contribution in [0.25, 0.3) is 0 Å². The Morgan fingerprint density at radius 3 is 2.95 bits per heavy atom. The van der Waals surface area contributed by atoms with Crippen LogP contribution in [0.1, 0.15) is 19.3 Å². The summed E-state index contributed by atoms with van der Waals surface area (Å²) in [5.41, 5.74) is -0.0374. The molecular formula is C13H20N4O4. The molecule has 3 rings (SSSR count). The van der Waals surface area contributed by atoms with Crippen molar-refractivity contribution in [1.29, 1.82) is 0 Å². The molecule has 1 unspecified atom stereocenters. The Labute approximate surface area is 122 Å². The van der Waals surface area contributed by atoms with Gasteiger partial charge in [-0.3, -0.25) is 19.7 Å². The van der Waals surface area contributed by atoms with Gasteiger partial charge in [0.25, 0.3) is 0 Å². The molecule has 1 aromatic heterocycles. The van der Waals surface area contributed by atoms with Crippen LogP contribution < -0.4 is 0 Å². The lowest BCUT2D eigenvalue weighted by molar-refractivity contribution is -0.385. The van der Waals surface area contributed by atoms with E-state index in [1.807, 2.05) is 0 Å². The van der Waals surface area contributed by atoms with Crippen LogP contribution in [0.3, 0.4) is 0 Å². The SMILES string of the molecule is O=[N+]([O-])c1cnn(CC(O)CN2CCOC3(CCC3)C2)c1. The van der Waals surface area contributed by atoms with E-state index in [0.29, 0.717) is 13.2 Å². The Hall–Kier alpha value is -1.51. The lowest BCUT2D eigenvalue weighted by atomic mass is 9.79. The van der Waals surface area contributed by atoms with E-state index >= 15 is 0 Å². The molecule has 0 bridgehead atoms. The number of morpholine rings is 1. The van der Waals surface area contributed by atoms with Crippen LogP contribution in [0, 0.1) is 10.1 Å². The highest BCUT2D eigenvalue weighted by Crippen LogP contribution is 2.38. The Bertz CT molecular complexity index is 514. The molecule has 1 aliphatic carbocycles. The topological polar surface area (TPSA) is 93.7 Å². The molecule has 2 heterocycles. The van der Waals surface area contributed by atoms with E-state index in [4.69, 9.17) is 4.74 Å². The molecule has 1 saturated heterocycles. The number of nitro groups is 1. The molecule has 116 valence electrons. The number of aromatic nitrogens is 2. The van der Waals surface area contributed by atoms with E-state index in [-0.39, 0.29) is 17.8 Å². The highest BCUT2D eigenvalue weighted by Gasteiger charge is 2.42. The average Bonchev–Trinajstić information content (AvgIpc) is 2.85. The van der Waals surface area contributed by atoms with E-state index < -0.39 is 11.0 Å². The van der Waals surface area contributed by atoms with Crippen LogP contribution in [-0.2, 0) is 11.3 Å². The summed E-state index contributed by atoms with van der Waals surface area (Å²) in [7, 11) is 0. The minimum absolute atomic E-state index is 0.0163. The lowest BCUT2D eigenvalue weighted by Gasteiger charge is -2.48. The van der Waals surface area contributed by atoms with E-state index in [9.17, 15) is 15.2 Å². The van der Waals surface area contributed by atoms with Gasteiger partial charge in [0, 0.05) is 19.6 Å². The van der Waals surface area contributed by atoms with Crippen molar-refractivity contribution in [2.45, 2.75) is 37.5 Å². The average molecular weight is 296 g/mol. The Morgan fingerprint density at radius 2 is 2.33 bits per heavy atom. The molecular weight excluding hydrogens is 276 g/mol. The first-order chi connectivity index (χ1) is 10.1. The zero-order chi connectivity index (χ0) is 14.9. The van der Waals surface area contributed by atoms with Gasteiger partial charge in [-0.25, -0.2) is 0 Å². The van der Waals surface area contributed by atoms with Crippen LogP contribution in [0.15, 0.2) is 12.4 Å². The van der Waals surface area contributed by atoms with Crippen molar-refractivity contribution in [3.8, 4) is 0 Å². The van der Waals surface area contributed by atoms with Gasteiger partial charge in [-0.1, -0.05) is 0 Å². The molecule has 0 radical (unpaired) electrons. The van der Waals surface area contributed by atoms with Crippen molar-refractivity contribution in [3.63, 3.8) is 0 Å². The van der Waals surface area contributed by atoms with Crippen molar-refractivity contribution >= 4 is 5.69 Å². The highest BCUT2D eigenvalue weighted by molar-refractivity contribution is 5.20. The summed E-state index contributed by atoms with van der Waals surface area (Å²) in [6.45, 7) is 3.19. The Kier molecular flexibility index (Phi) is 3.92. The van der Waals surface area contributed by atoms with E-state index in [2.05, 4.69) is 10.00 Å². The first-order valence-electron chi connectivity index (χ1n) is 7.28. The van der Waals surface area contributed by atoms with Crippen molar-refractivity contribution in [3.05, 3.63) is 22.5 Å². The van der Waals surface area contributed by atoms with Crippen molar-refractivity contribution in [2.24, 2.45) is 0 Å². The Balaban J connectivity index is 1.51. The fraction of sp³-hybridized carbons (Fsp3) is 0.769. The third kappa shape index (κ3) is 3.22. The molecule has 0 amide bonds. The second kappa shape index (κ2) is 5.70. The van der Waals surface area contributed by atoms with Crippen molar-refractivity contribution in [2.75, 3.05) is 26.2 Å². The summed E-state index contributed by atoms with van der Waals surface area (Å²) in [5.74, 6) is 0. The predicted molar refractivity (Wildman–Crippen MR) is 73.9 cm³/mol. The van der Waals surface area contributed by atoms with E-state index in [1.54, 1.807) is 0 Å². The van der Waals surface area contributed by atoms with Crippen molar-refractivity contribution < 1.29 is 14.8 Å². The van der Waals surface area contributed by atoms with Crippen LogP contribution in [-0.4, -0.2) is 62.7 Å². The van der Waals surface area contributed by atoms with Gasteiger partial charge >= 0.3 is 5.69 Å². The maximum atomic E-state index is 10.6. The maximum Gasteiger partial charge on any atom is 0.306 e. The lowest BCUT2D eigenvalue weighted by Crippen LogP contribution is -2.56. The number of rotatable bonds is 5. The molecule has 8 heteroatoms. The van der Waals surface area contributed by atoms with Crippen LogP contribution in [0.5, 0.6) is 0 Å². The number of hydrogen-bond acceptors (Lipinski definition) is 6. The van der Waals surface area contributed by atoms with Crippen LogP contribution in [0.2, 0.25) is 0 Å². The summed E-state index contributed by atoms with van der Waals surface area (Å²) in [4.78, 5) is 12.3.